The van der Waals surface area contributed by atoms with Crippen molar-refractivity contribution in [1.29, 1.82) is 0 Å². The first-order valence-electron chi connectivity index (χ1n) is 8.65. The monoisotopic (exact) mass is 355 g/mol. The second-order valence-corrected chi connectivity index (χ2v) is 6.26. The molecule has 1 aliphatic rings. The van der Waals surface area contributed by atoms with E-state index in [1.807, 2.05) is 12.2 Å². The van der Waals surface area contributed by atoms with Crippen LogP contribution in [0.5, 0.6) is 0 Å². The summed E-state index contributed by atoms with van der Waals surface area (Å²) in [6, 6.07) is 6.43. The van der Waals surface area contributed by atoms with Gasteiger partial charge in [-0.3, -0.25) is 4.79 Å². The molecule has 0 unspecified atom stereocenters. The lowest BCUT2D eigenvalue weighted by Gasteiger charge is -2.30. The van der Waals surface area contributed by atoms with Gasteiger partial charge < -0.3 is 16.0 Å². The third kappa shape index (κ3) is 4.86. The Kier molecular flexibility index (Phi) is 5.91. The van der Waals surface area contributed by atoms with Gasteiger partial charge in [0.15, 0.2) is 0 Å². The molecule has 1 aromatic carbocycles. The molecule has 2 aromatic rings. The van der Waals surface area contributed by atoms with Gasteiger partial charge in [0.05, 0.1) is 5.56 Å². The van der Waals surface area contributed by atoms with E-state index < -0.39 is 0 Å². The summed E-state index contributed by atoms with van der Waals surface area (Å²) >= 11 is 0. The fourth-order valence-corrected chi connectivity index (χ4v) is 2.73. The Morgan fingerprint density at radius 1 is 1.23 bits per heavy atom. The first kappa shape index (κ1) is 18.0. The SMILES string of the molecule is NC1CCN(C(=O)c2cnc(NC/C=C/c3ccc(F)cc3)nc2)CC1. The Morgan fingerprint density at radius 2 is 1.88 bits per heavy atom. The number of anilines is 1. The number of nitrogens with one attached hydrogen (secondary N) is 1. The highest BCUT2D eigenvalue weighted by atomic mass is 19.1. The number of hydrogen-bond acceptors (Lipinski definition) is 5. The van der Waals surface area contributed by atoms with Crippen molar-refractivity contribution in [2.75, 3.05) is 25.0 Å². The lowest BCUT2D eigenvalue weighted by atomic mass is 10.1. The summed E-state index contributed by atoms with van der Waals surface area (Å²) in [5, 5.41) is 3.05. The Balaban J connectivity index is 1.49. The summed E-state index contributed by atoms with van der Waals surface area (Å²) < 4.78 is 12.8. The number of benzene rings is 1. The number of halogens is 1. The Morgan fingerprint density at radius 3 is 2.54 bits per heavy atom. The van der Waals surface area contributed by atoms with Crippen molar-refractivity contribution in [2.24, 2.45) is 5.73 Å². The van der Waals surface area contributed by atoms with Gasteiger partial charge in [0, 0.05) is 38.1 Å². The Hall–Kier alpha value is -2.80. The number of rotatable bonds is 5. The van der Waals surface area contributed by atoms with Crippen LogP contribution in [0.15, 0.2) is 42.7 Å². The third-order valence-corrected chi connectivity index (χ3v) is 4.28. The van der Waals surface area contributed by atoms with Gasteiger partial charge in [0.25, 0.3) is 5.91 Å². The number of carbonyl (C=O) groups excluding carboxylic acids is 1. The zero-order valence-corrected chi connectivity index (χ0v) is 14.4. The van der Waals surface area contributed by atoms with Crippen molar-refractivity contribution >= 4 is 17.9 Å². The molecule has 1 saturated heterocycles. The molecule has 136 valence electrons. The molecule has 3 rings (SSSR count). The number of aromatic nitrogens is 2. The van der Waals surface area contributed by atoms with E-state index in [0.29, 0.717) is 31.1 Å². The maximum absolute atomic E-state index is 12.8. The highest BCUT2D eigenvalue weighted by Gasteiger charge is 2.22. The van der Waals surface area contributed by atoms with Crippen LogP contribution in [0.3, 0.4) is 0 Å². The molecular weight excluding hydrogens is 333 g/mol. The van der Waals surface area contributed by atoms with E-state index in [1.54, 1.807) is 17.0 Å². The van der Waals surface area contributed by atoms with E-state index >= 15 is 0 Å². The molecule has 0 spiro atoms. The van der Waals surface area contributed by atoms with E-state index in [0.717, 1.165) is 18.4 Å². The maximum Gasteiger partial charge on any atom is 0.256 e. The van der Waals surface area contributed by atoms with Gasteiger partial charge in [-0.1, -0.05) is 24.3 Å². The average molecular weight is 355 g/mol. The highest BCUT2D eigenvalue weighted by molar-refractivity contribution is 5.93. The number of amides is 1. The first-order valence-corrected chi connectivity index (χ1v) is 8.65. The molecule has 6 nitrogen and oxygen atoms in total. The molecule has 0 saturated carbocycles. The summed E-state index contributed by atoms with van der Waals surface area (Å²) in [5.74, 6) is 0.140. The summed E-state index contributed by atoms with van der Waals surface area (Å²) in [6.07, 6.45) is 8.50. The van der Waals surface area contributed by atoms with Crippen molar-refractivity contribution in [3.63, 3.8) is 0 Å². The van der Waals surface area contributed by atoms with Gasteiger partial charge in [0.1, 0.15) is 5.82 Å². The average Bonchev–Trinajstić information content (AvgIpc) is 2.67. The topological polar surface area (TPSA) is 84.1 Å². The van der Waals surface area contributed by atoms with Crippen LogP contribution in [-0.4, -0.2) is 46.5 Å². The number of nitrogens with zero attached hydrogens (tertiary/aromatic N) is 3. The van der Waals surface area contributed by atoms with E-state index in [4.69, 9.17) is 5.73 Å². The number of carbonyl (C=O) groups is 1. The molecule has 7 heteroatoms. The van der Waals surface area contributed by atoms with Crippen LogP contribution >= 0.6 is 0 Å². The smallest absolute Gasteiger partial charge is 0.256 e. The summed E-state index contributed by atoms with van der Waals surface area (Å²) in [4.78, 5) is 22.6. The van der Waals surface area contributed by atoms with E-state index in [-0.39, 0.29) is 17.8 Å². The number of hydrogen-bond donors (Lipinski definition) is 2. The van der Waals surface area contributed by atoms with Crippen LogP contribution in [0.2, 0.25) is 0 Å². The molecule has 1 amide bonds. The predicted molar refractivity (Wildman–Crippen MR) is 99.1 cm³/mol. The summed E-state index contributed by atoms with van der Waals surface area (Å²) in [6.45, 7) is 1.87. The van der Waals surface area contributed by atoms with Gasteiger partial charge >= 0.3 is 0 Å². The third-order valence-electron chi connectivity index (χ3n) is 4.28. The van der Waals surface area contributed by atoms with Crippen molar-refractivity contribution in [3.05, 3.63) is 59.7 Å². The molecule has 1 fully saturated rings. The van der Waals surface area contributed by atoms with Crippen molar-refractivity contribution in [3.8, 4) is 0 Å². The fraction of sp³-hybridized carbons (Fsp3) is 0.316. The van der Waals surface area contributed by atoms with Crippen LogP contribution in [-0.2, 0) is 0 Å². The minimum Gasteiger partial charge on any atom is -0.351 e. The van der Waals surface area contributed by atoms with E-state index in [1.165, 1.54) is 24.5 Å². The first-order chi connectivity index (χ1) is 12.6. The molecule has 2 heterocycles. The number of likely N-dealkylation sites (tertiary alicyclic amines) is 1. The molecule has 0 bridgehead atoms. The number of piperidine rings is 1. The minimum absolute atomic E-state index is 0.0559. The van der Waals surface area contributed by atoms with E-state index in [9.17, 15) is 9.18 Å². The van der Waals surface area contributed by atoms with Crippen molar-refractivity contribution < 1.29 is 9.18 Å². The van der Waals surface area contributed by atoms with E-state index in [2.05, 4.69) is 15.3 Å². The fourth-order valence-electron chi connectivity index (χ4n) is 2.73. The second kappa shape index (κ2) is 8.53. The maximum atomic E-state index is 12.8. The standard InChI is InChI=1S/C19H22FN5O/c20-16-5-3-14(4-6-16)2-1-9-22-19-23-12-15(13-24-19)18(26)25-10-7-17(21)8-11-25/h1-6,12-13,17H,7-11,21H2,(H,22,23,24)/b2-1+. The predicted octanol–water partition coefficient (Wildman–Crippen LogP) is 2.30. The zero-order chi connectivity index (χ0) is 18.4. The van der Waals surface area contributed by atoms with Crippen LogP contribution in [0.4, 0.5) is 10.3 Å². The van der Waals surface area contributed by atoms with Gasteiger partial charge in [-0.2, -0.15) is 0 Å². The summed E-state index contributed by atoms with van der Waals surface area (Å²) in [5.41, 5.74) is 7.26. The van der Waals surface area contributed by atoms with Crippen molar-refractivity contribution in [1.82, 2.24) is 14.9 Å². The molecule has 3 N–H and O–H groups in total. The van der Waals surface area contributed by atoms with Gasteiger partial charge in [-0.15, -0.1) is 0 Å². The molecule has 26 heavy (non-hydrogen) atoms. The van der Waals surface area contributed by atoms with Gasteiger partial charge in [0.2, 0.25) is 5.95 Å². The largest absolute Gasteiger partial charge is 0.351 e. The van der Waals surface area contributed by atoms with Gasteiger partial charge in [-0.05, 0) is 30.5 Å². The molecule has 0 atom stereocenters. The van der Waals surface area contributed by atoms with Crippen molar-refractivity contribution in [2.45, 2.75) is 18.9 Å². The normalized spacial score (nSPS) is 15.4. The van der Waals surface area contributed by atoms with Crippen LogP contribution in [0.25, 0.3) is 6.08 Å². The van der Waals surface area contributed by atoms with Crippen LogP contribution in [0, 0.1) is 5.82 Å². The van der Waals surface area contributed by atoms with Crippen LogP contribution < -0.4 is 11.1 Å². The number of nitrogens with two attached hydrogens (primary N) is 1. The quantitative estimate of drug-likeness (QED) is 0.860. The Bertz CT molecular complexity index is 753. The lowest BCUT2D eigenvalue weighted by Crippen LogP contribution is -2.42. The highest BCUT2D eigenvalue weighted by Crippen LogP contribution is 2.12. The Labute approximate surface area is 151 Å². The molecule has 0 aliphatic carbocycles. The molecule has 0 radical (unpaired) electrons. The van der Waals surface area contributed by atoms with Crippen LogP contribution in [0.1, 0.15) is 28.8 Å². The van der Waals surface area contributed by atoms with Gasteiger partial charge in [-0.25, -0.2) is 14.4 Å². The second-order valence-electron chi connectivity index (χ2n) is 6.26. The molecular formula is C19H22FN5O. The minimum atomic E-state index is -0.254. The molecule has 1 aromatic heterocycles. The zero-order valence-electron chi connectivity index (χ0n) is 14.4. The molecule has 1 aliphatic heterocycles. The summed E-state index contributed by atoms with van der Waals surface area (Å²) in [7, 11) is 0. The lowest BCUT2D eigenvalue weighted by molar-refractivity contribution is 0.0714.